The molecule has 454 valence electrons. The molecule has 0 saturated carbocycles. The van der Waals surface area contributed by atoms with Gasteiger partial charge in [0.15, 0.2) is 23.0 Å². The summed E-state index contributed by atoms with van der Waals surface area (Å²) in [5, 5.41) is 6.15. The van der Waals surface area contributed by atoms with Gasteiger partial charge in [-0.15, -0.1) is 0 Å². The number of hydrogen-bond donors (Lipinski definition) is 2. The number of carbonyl (C=O) groups is 5. The minimum absolute atomic E-state index is 0.00744. The van der Waals surface area contributed by atoms with Crippen LogP contribution >= 0.6 is 0 Å². The molecule has 5 amide bonds. The quantitative estimate of drug-likeness (QED) is 0.0909. The lowest BCUT2D eigenvalue weighted by Crippen LogP contribution is -2.59. The minimum atomic E-state index is -0.784. The van der Waals surface area contributed by atoms with E-state index in [9.17, 15) is 24.0 Å². The highest BCUT2D eigenvalue weighted by molar-refractivity contribution is 5.90. The maximum Gasteiger partial charge on any atom is 0.245 e. The molecule has 2 unspecified atom stereocenters. The average Bonchev–Trinajstić information content (AvgIpc) is 3.94. The van der Waals surface area contributed by atoms with Crippen molar-refractivity contribution in [2.24, 2.45) is 35.5 Å². The van der Waals surface area contributed by atoms with Gasteiger partial charge in [-0.2, -0.15) is 0 Å². The summed E-state index contributed by atoms with van der Waals surface area (Å²) in [4.78, 5) is 81.6. The first kappa shape index (κ1) is 65.0. The third-order valence-electron chi connectivity index (χ3n) is 18.7. The van der Waals surface area contributed by atoms with Crippen molar-refractivity contribution >= 4 is 29.5 Å². The lowest BCUT2D eigenvalue weighted by atomic mass is 9.72. The molecule has 12 atom stereocenters. The second-order valence-electron chi connectivity index (χ2n) is 24.3. The lowest BCUT2D eigenvalue weighted by Gasteiger charge is -2.49. The first-order valence-electron chi connectivity index (χ1n) is 30.0. The number of carbonyl (C=O) groups excluding carboxylic acids is 5. The second kappa shape index (κ2) is 29.4. The number of amides is 5. The summed E-state index contributed by atoms with van der Waals surface area (Å²) in [5.41, 5.74) is 4.80. The number of piperidine rings is 1. The van der Waals surface area contributed by atoms with Crippen LogP contribution < -0.4 is 29.6 Å². The Hall–Kier alpha value is -5.17. The Morgan fingerprint density at radius 3 is 1.86 bits per heavy atom. The van der Waals surface area contributed by atoms with Gasteiger partial charge in [0.25, 0.3) is 0 Å². The highest BCUT2D eigenvalue weighted by Gasteiger charge is 2.45. The van der Waals surface area contributed by atoms with E-state index in [1.807, 2.05) is 63.4 Å². The van der Waals surface area contributed by atoms with E-state index in [2.05, 4.69) is 60.6 Å². The average molecular weight is 1130 g/mol. The Labute approximate surface area is 484 Å². The third-order valence-corrected chi connectivity index (χ3v) is 18.7. The van der Waals surface area contributed by atoms with Crippen LogP contribution in [-0.4, -0.2) is 187 Å². The maximum absolute atomic E-state index is 14.7. The first-order chi connectivity index (χ1) is 38.6. The van der Waals surface area contributed by atoms with Gasteiger partial charge < -0.3 is 53.8 Å². The summed E-state index contributed by atoms with van der Waals surface area (Å²) < 4.78 is 35.4. The first-order valence-corrected chi connectivity index (χ1v) is 30.0. The molecule has 2 aromatic rings. The predicted octanol–water partition coefficient (Wildman–Crippen LogP) is 7.34. The molecule has 0 aliphatic carbocycles. The Kier molecular flexibility index (Phi) is 23.6. The fraction of sp³-hybridized carbons (Fsp3) is 0.730. The van der Waals surface area contributed by atoms with Gasteiger partial charge >= 0.3 is 0 Å². The molecule has 6 rings (SSSR count). The van der Waals surface area contributed by atoms with Crippen molar-refractivity contribution in [1.82, 2.24) is 35.1 Å². The van der Waals surface area contributed by atoms with Gasteiger partial charge in [-0.05, 0) is 129 Å². The van der Waals surface area contributed by atoms with Gasteiger partial charge in [0.1, 0.15) is 6.04 Å². The van der Waals surface area contributed by atoms with Crippen LogP contribution in [0, 0.1) is 35.5 Å². The summed E-state index contributed by atoms with van der Waals surface area (Å²) in [6.45, 7) is 19.1. The van der Waals surface area contributed by atoms with Gasteiger partial charge in [0.05, 0.1) is 77.2 Å². The monoisotopic (exact) mass is 1130 g/mol. The number of benzene rings is 2. The third kappa shape index (κ3) is 14.6. The van der Waals surface area contributed by atoms with Crippen molar-refractivity contribution in [3.05, 3.63) is 46.5 Å². The van der Waals surface area contributed by atoms with Gasteiger partial charge in [-0.3, -0.25) is 33.8 Å². The molecule has 81 heavy (non-hydrogen) atoms. The number of rotatable bonds is 27. The molecule has 2 N–H and O–H groups in total. The summed E-state index contributed by atoms with van der Waals surface area (Å²) >= 11 is 0. The molecular weight excluding hydrogens is 1030 g/mol. The van der Waals surface area contributed by atoms with Crippen LogP contribution in [0.1, 0.15) is 141 Å². The zero-order valence-corrected chi connectivity index (χ0v) is 52.2. The minimum Gasteiger partial charge on any atom is -0.493 e. The van der Waals surface area contributed by atoms with Crippen LogP contribution in [-0.2, 0) is 46.3 Å². The topological polar surface area (TPSA) is 181 Å². The maximum atomic E-state index is 14.7. The van der Waals surface area contributed by atoms with Crippen molar-refractivity contribution in [2.75, 3.05) is 96.5 Å². The van der Waals surface area contributed by atoms with Gasteiger partial charge in [0.2, 0.25) is 29.5 Å². The molecule has 2 fully saturated rings. The number of likely N-dealkylation sites (N-methyl/N-ethyl adjacent to an activating group) is 2. The highest BCUT2D eigenvalue weighted by atomic mass is 16.5. The number of fused-ring (bicyclic) bond motifs is 4. The van der Waals surface area contributed by atoms with Crippen molar-refractivity contribution in [2.45, 2.75) is 168 Å². The van der Waals surface area contributed by atoms with E-state index in [4.69, 9.17) is 28.4 Å². The molecule has 0 aromatic heterocycles. The molecule has 0 bridgehead atoms. The molecule has 4 heterocycles. The largest absolute Gasteiger partial charge is 0.493 e. The fourth-order valence-electron chi connectivity index (χ4n) is 14.1. The Bertz CT molecular complexity index is 2450. The zero-order valence-electron chi connectivity index (χ0n) is 52.2. The second-order valence-corrected chi connectivity index (χ2v) is 24.3. The van der Waals surface area contributed by atoms with E-state index in [1.165, 1.54) is 11.1 Å². The van der Waals surface area contributed by atoms with Crippen molar-refractivity contribution in [1.29, 1.82) is 0 Å². The van der Waals surface area contributed by atoms with Crippen LogP contribution in [0.15, 0.2) is 24.3 Å². The SMILES string of the molecule is CC[C@H]1CN2CCc3cc(OC)c(OC)cc3C2C[C@@H]1C[C@@H]1c2cc(OC)c(OC)cc2CCN1C(=O)CCNC(=O)[C@H](C)[C@@H](OC)C1CCCN1C(=O)C[C@@H](OC)[C@H]([C@@H](C)CC)N(C)C(=O)[C@@H](NC(=O)[C@H](C(C)C)N(C)C)C(C)C. The Balaban J connectivity index is 1.14. The van der Waals surface area contributed by atoms with Crippen LogP contribution in [0.5, 0.6) is 23.0 Å². The van der Waals surface area contributed by atoms with E-state index in [1.54, 1.807) is 54.6 Å². The van der Waals surface area contributed by atoms with Gasteiger partial charge in [-0.25, -0.2) is 0 Å². The number of methoxy groups -OCH3 is 6. The lowest BCUT2D eigenvalue weighted by molar-refractivity contribution is -0.148. The predicted molar refractivity (Wildman–Crippen MR) is 315 cm³/mol. The molecule has 0 radical (unpaired) electrons. The van der Waals surface area contributed by atoms with E-state index < -0.39 is 36.3 Å². The molecule has 0 spiro atoms. The molecule has 4 aliphatic heterocycles. The van der Waals surface area contributed by atoms with Gasteiger partial charge in [-0.1, -0.05) is 68.2 Å². The van der Waals surface area contributed by atoms with E-state index in [0.717, 1.165) is 74.2 Å². The molecule has 2 aromatic carbocycles. The Morgan fingerprint density at radius 2 is 1.31 bits per heavy atom. The number of nitrogens with one attached hydrogen (secondary N) is 2. The van der Waals surface area contributed by atoms with E-state index in [0.29, 0.717) is 49.3 Å². The summed E-state index contributed by atoms with van der Waals surface area (Å²) in [5.74, 6) is 1.78. The summed E-state index contributed by atoms with van der Waals surface area (Å²) in [6, 6.07) is 6.37. The van der Waals surface area contributed by atoms with Crippen molar-refractivity contribution in [3.63, 3.8) is 0 Å². The number of likely N-dealkylation sites (tertiary alicyclic amines) is 1. The van der Waals surface area contributed by atoms with Crippen LogP contribution in [0.2, 0.25) is 0 Å². The number of nitrogens with zero attached hydrogens (tertiary/aromatic N) is 5. The molecule has 2 saturated heterocycles. The van der Waals surface area contributed by atoms with E-state index >= 15 is 0 Å². The van der Waals surface area contributed by atoms with Crippen LogP contribution in [0.3, 0.4) is 0 Å². The smallest absolute Gasteiger partial charge is 0.245 e. The van der Waals surface area contributed by atoms with Crippen LogP contribution in [0.4, 0.5) is 0 Å². The molecular formula is C63H101N7O11. The number of hydrogen-bond acceptors (Lipinski definition) is 13. The summed E-state index contributed by atoms with van der Waals surface area (Å²) in [7, 11) is 15.3. The zero-order chi connectivity index (χ0) is 59.6. The molecule has 18 nitrogen and oxygen atoms in total. The van der Waals surface area contributed by atoms with E-state index in [-0.39, 0.29) is 84.8 Å². The fourth-order valence-corrected chi connectivity index (χ4v) is 14.1. The van der Waals surface area contributed by atoms with Crippen molar-refractivity contribution < 1.29 is 52.4 Å². The standard InChI is InChI=1S/C63H101N7O11/c1-18-39(7)59(67(11)63(75)57(37(3)4)65-62(74)58(38(5)6)66(9)10)54(80-16)35-56(72)69-26-20-21-47(69)60(81-17)40(8)61(73)64-25-22-55(71)70-28-24-43-32-51(77-13)53(79-15)34-46(43)49(70)30-44-29-48-45-33-52(78-14)50(76-12)31-42(45)23-27-68(48)36-41(44)19-2/h31-34,37-41,44,47-49,54,57-60H,18-30,35-36H2,1-17H3,(H,64,73)(H,65,74)/t39-,40+,41-,44+,47?,48?,49+,54+,57-,58-,59-,60+/m0/s1. The Morgan fingerprint density at radius 1 is 0.704 bits per heavy atom. The van der Waals surface area contributed by atoms with Gasteiger partial charge in [0, 0.05) is 66.5 Å². The number of ether oxygens (including phenoxy) is 6. The van der Waals surface area contributed by atoms with Crippen molar-refractivity contribution in [3.8, 4) is 23.0 Å². The normalized spacial score (nSPS) is 22.6. The molecule has 4 aliphatic rings. The highest BCUT2D eigenvalue weighted by Crippen LogP contribution is 2.49. The van der Waals surface area contributed by atoms with Crippen LogP contribution in [0.25, 0.3) is 0 Å². The molecule has 18 heteroatoms. The summed E-state index contributed by atoms with van der Waals surface area (Å²) in [6.07, 6.45) is 5.31.